The van der Waals surface area contributed by atoms with E-state index in [1.807, 2.05) is 0 Å². The number of hydrogen-bond acceptors (Lipinski definition) is 2. The summed E-state index contributed by atoms with van der Waals surface area (Å²) in [5.41, 5.74) is 1.06. The summed E-state index contributed by atoms with van der Waals surface area (Å²) in [6.07, 6.45) is 0. The van der Waals surface area contributed by atoms with Gasteiger partial charge < -0.3 is 5.32 Å². The third-order valence-corrected chi connectivity index (χ3v) is 3.69. The number of rotatable bonds is 3. The van der Waals surface area contributed by atoms with Gasteiger partial charge in [-0.3, -0.25) is 0 Å². The highest BCUT2D eigenvalue weighted by Gasteiger charge is 2.12. The minimum absolute atomic E-state index is 0.0647. The van der Waals surface area contributed by atoms with Crippen LogP contribution in [-0.2, 0) is 6.54 Å². The molecule has 0 unspecified atom stereocenters. The fraction of sp³-hybridized carbons (Fsp3) is 0.133. The molecule has 0 aliphatic heterocycles. The Hall–Kier alpha value is -1.83. The van der Waals surface area contributed by atoms with Crippen LogP contribution in [0.1, 0.15) is 16.7 Å². The minimum atomic E-state index is -0.784. The number of halogens is 4. The maximum absolute atomic E-state index is 13.8. The van der Waals surface area contributed by atoms with Gasteiger partial charge in [0.05, 0.1) is 22.3 Å². The van der Waals surface area contributed by atoms with Gasteiger partial charge in [0.1, 0.15) is 11.6 Å². The third-order valence-electron chi connectivity index (χ3n) is 2.97. The smallest absolute Gasteiger partial charge is 0.132 e. The van der Waals surface area contributed by atoms with E-state index in [2.05, 4.69) is 5.32 Å². The molecule has 0 aliphatic rings. The summed E-state index contributed by atoms with van der Waals surface area (Å²) in [4.78, 5) is 0. The first-order valence-corrected chi connectivity index (χ1v) is 6.75. The number of hydrogen-bond donors (Lipinski definition) is 1. The third kappa shape index (κ3) is 3.44. The Kier molecular flexibility index (Phi) is 4.66. The van der Waals surface area contributed by atoms with Crippen molar-refractivity contribution >= 4 is 28.9 Å². The first kappa shape index (κ1) is 15.6. The van der Waals surface area contributed by atoms with Crippen molar-refractivity contribution in [3.05, 3.63) is 62.6 Å². The van der Waals surface area contributed by atoms with E-state index in [1.165, 1.54) is 0 Å². The normalized spacial score (nSPS) is 10.3. The summed E-state index contributed by atoms with van der Waals surface area (Å²) in [5, 5.41) is 12.4. The van der Waals surface area contributed by atoms with Crippen LogP contribution in [0.3, 0.4) is 0 Å². The average Bonchev–Trinajstić information content (AvgIpc) is 2.42. The van der Waals surface area contributed by atoms with E-state index < -0.39 is 11.6 Å². The van der Waals surface area contributed by atoms with Crippen molar-refractivity contribution < 1.29 is 8.78 Å². The van der Waals surface area contributed by atoms with E-state index in [4.69, 9.17) is 28.5 Å². The van der Waals surface area contributed by atoms with Gasteiger partial charge in [0.25, 0.3) is 0 Å². The lowest BCUT2D eigenvalue weighted by Crippen LogP contribution is -2.06. The molecular weight excluding hydrogens is 317 g/mol. The second-order valence-corrected chi connectivity index (χ2v) is 5.28. The maximum atomic E-state index is 13.8. The highest BCUT2D eigenvalue weighted by Crippen LogP contribution is 2.29. The van der Waals surface area contributed by atoms with Crippen LogP contribution in [-0.4, -0.2) is 0 Å². The summed E-state index contributed by atoms with van der Waals surface area (Å²) < 4.78 is 27.5. The zero-order valence-electron chi connectivity index (χ0n) is 11.0. The molecule has 0 radical (unpaired) electrons. The van der Waals surface area contributed by atoms with Crippen LogP contribution in [0.4, 0.5) is 14.5 Å². The van der Waals surface area contributed by atoms with Gasteiger partial charge in [-0.2, -0.15) is 5.26 Å². The van der Waals surface area contributed by atoms with Gasteiger partial charge in [-0.25, -0.2) is 8.78 Å². The summed E-state index contributed by atoms with van der Waals surface area (Å²) >= 11 is 12.0. The molecule has 0 heterocycles. The van der Waals surface area contributed by atoms with E-state index in [-0.39, 0.29) is 17.7 Å². The number of benzene rings is 2. The molecule has 0 spiro atoms. The van der Waals surface area contributed by atoms with Gasteiger partial charge in [0.15, 0.2) is 0 Å². The lowest BCUT2D eigenvalue weighted by Gasteiger charge is -2.12. The first-order valence-electron chi connectivity index (χ1n) is 6.00. The van der Waals surface area contributed by atoms with Gasteiger partial charge in [0, 0.05) is 17.1 Å². The molecule has 0 saturated carbocycles. The molecule has 0 amide bonds. The van der Waals surface area contributed by atoms with Gasteiger partial charge in [-0.15, -0.1) is 0 Å². The highest BCUT2D eigenvalue weighted by molar-refractivity contribution is 6.35. The van der Waals surface area contributed by atoms with Crippen molar-refractivity contribution in [2.24, 2.45) is 0 Å². The lowest BCUT2D eigenvalue weighted by molar-refractivity contribution is 0.559. The molecule has 1 N–H and O–H groups in total. The Balaban J connectivity index is 2.25. The van der Waals surface area contributed by atoms with Crippen molar-refractivity contribution in [1.82, 2.24) is 0 Å². The molecule has 0 fully saturated rings. The van der Waals surface area contributed by atoms with E-state index in [0.29, 0.717) is 15.7 Å². The number of nitrogens with zero attached hydrogens (tertiary/aromatic N) is 1. The fourth-order valence-corrected chi connectivity index (χ4v) is 2.25. The van der Waals surface area contributed by atoms with E-state index in [1.54, 1.807) is 25.1 Å². The Labute approximate surface area is 130 Å². The molecule has 0 aliphatic carbocycles. The summed E-state index contributed by atoms with van der Waals surface area (Å²) in [6, 6.07) is 6.93. The number of nitriles is 1. The van der Waals surface area contributed by atoms with Crippen LogP contribution >= 0.6 is 23.2 Å². The predicted molar refractivity (Wildman–Crippen MR) is 79.6 cm³/mol. The van der Waals surface area contributed by atoms with Crippen LogP contribution in [0.2, 0.25) is 10.0 Å². The Bertz CT molecular complexity index is 716. The van der Waals surface area contributed by atoms with Gasteiger partial charge in [-0.05, 0) is 36.8 Å². The van der Waals surface area contributed by atoms with Gasteiger partial charge in [-0.1, -0.05) is 23.2 Å². The molecule has 2 rings (SSSR count). The van der Waals surface area contributed by atoms with Crippen LogP contribution in [0.5, 0.6) is 0 Å². The Morgan fingerprint density at radius 3 is 2.29 bits per heavy atom. The molecule has 108 valence electrons. The fourth-order valence-electron chi connectivity index (χ4n) is 1.80. The van der Waals surface area contributed by atoms with E-state index in [9.17, 15) is 8.78 Å². The second kappa shape index (κ2) is 6.30. The van der Waals surface area contributed by atoms with E-state index in [0.717, 1.165) is 17.7 Å². The summed E-state index contributed by atoms with van der Waals surface area (Å²) in [7, 11) is 0. The van der Waals surface area contributed by atoms with Crippen molar-refractivity contribution in [3.63, 3.8) is 0 Å². The molecule has 0 atom stereocenters. The number of aryl methyl sites for hydroxylation is 1. The van der Waals surface area contributed by atoms with Gasteiger partial charge >= 0.3 is 0 Å². The van der Waals surface area contributed by atoms with Crippen LogP contribution in [0, 0.1) is 29.9 Å². The summed E-state index contributed by atoms with van der Waals surface area (Å²) in [5.74, 6) is -1.57. The van der Waals surface area contributed by atoms with Crippen LogP contribution < -0.4 is 5.32 Å². The van der Waals surface area contributed by atoms with Crippen molar-refractivity contribution in [2.45, 2.75) is 13.5 Å². The minimum Gasteiger partial charge on any atom is -0.379 e. The molecule has 0 bridgehead atoms. The van der Waals surface area contributed by atoms with Gasteiger partial charge in [0.2, 0.25) is 0 Å². The van der Waals surface area contributed by atoms with Crippen LogP contribution in [0.15, 0.2) is 24.3 Å². The topological polar surface area (TPSA) is 35.8 Å². The van der Waals surface area contributed by atoms with Crippen molar-refractivity contribution in [2.75, 3.05) is 5.32 Å². The molecule has 0 aromatic heterocycles. The molecule has 0 saturated heterocycles. The first-order chi connectivity index (χ1) is 9.92. The number of nitrogens with one attached hydrogen (secondary N) is 1. The van der Waals surface area contributed by atoms with E-state index >= 15 is 0 Å². The Morgan fingerprint density at radius 1 is 1.10 bits per heavy atom. The molecular formula is C15H10Cl2F2N2. The van der Waals surface area contributed by atoms with Crippen molar-refractivity contribution in [3.8, 4) is 6.07 Å². The quantitative estimate of drug-likeness (QED) is 0.855. The molecule has 6 heteroatoms. The highest BCUT2D eigenvalue weighted by atomic mass is 35.5. The second-order valence-electron chi connectivity index (χ2n) is 4.47. The summed E-state index contributed by atoms with van der Waals surface area (Å²) in [6.45, 7) is 1.69. The van der Waals surface area contributed by atoms with Crippen molar-refractivity contribution in [1.29, 1.82) is 5.26 Å². The Morgan fingerprint density at radius 2 is 1.71 bits per heavy atom. The molecule has 2 aromatic rings. The monoisotopic (exact) mass is 326 g/mol. The zero-order valence-corrected chi connectivity index (χ0v) is 12.5. The lowest BCUT2D eigenvalue weighted by atomic mass is 10.1. The average molecular weight is 327 g/mol. The molecule has 2 aromatic carbocycles. The molecule has 21 heavy (non-hydrogen) atoms. The standard InChI is InChI=1S/C15H10Cl2F2N2/c1-8-2-12(17)15(5-11(8)16)21-7-10-13(18)3-9(6-20)4-14(10)19/h2-5,21H,7H2,1H3. The largest absolute Gasteiger partial charge is 0.379 e. The van der Waals surface area contributed by atoms with Crippen LogP contribution in [0.25, 0.3) is 0 Å². The predicted octanol–water partition coefficient (Wildman–Crippen LogP) is 5.06. The molecule has 2 nitrogen and oxygen atoms in total. The maximum Gasteiger partial charge on any atom is 0.132 e. The zero-order chi connectivity index (χ0) is 15.6. The SMILES string of the molecule is Cc1cc(Cl)c(NCc2c(F)cc(C#N)cc2F)cc1Cl. The number of anilines is 1.